The molecule has 4 aromatic rings. The lowest BCUT2D eigenvalue weighted by Gasteiger charge is -2.11. The van der Waals surface area contributed by atoms with Crippen LogP contribution in [0, 0.1) is 0 Å². The Hall–Kier alpha value is -4.32. The van der Waals surface area contributed by atoms with Gasteiger partial charge in [-0.05, 0) is 17.7 Å². The first kappa shape index (κ1) is 22.5. The summed E-state index contributed by atoms with van der Waals surface area (Å²) in [5.74, 6) is 1.13. The van der Waals surface area contributed by atoms with Crippen LogP contribution in [0.5, 0.6) is 11.5 Å². The van der Waals surface area contributed by atoms with Crippen LogP contribution in [0.15, 0.2) is 63.3 Å². The molecule has 0 bridgehead atoms. The molecule has 2 aromatic heterocycles. The van der Waals surface area contributed by atoms with Crippen LogP contribution in [0.2, 0.25) is 0 Å². The van der Waals surface area contributed by atoms with Gasteiger partial charge in [-0.3, -0.25) is 23.7 Å². The van der Waals surface area contributed by atoms with Gasteiger partial charge in [0.25, 0.3) is 5.56 Å². The molecule has 0 aliphatic carbocycles. The Kier molecular flexibility index (Phi) is 5.87. The van der Waals surface area contributed by atoms with Gasteiger partial charge < -0.3 is 15.2 Å². The molecule has 2 aromatic carbocycles. The summed E-state index contributed by atoms with van der Waals surface area (Å²) < 4.78 is 13.8. The smallest absolute Gasteiger partial charge is 0.329 e. The first-order valence-corrected chi connectivity index (χ1v) is 11.5. The number of fused-ring (bicyclic) bond motifs is 1. The van der Waals surface area contributed by atoms with Gasteiger partial charge in [0, 0.05) is 12.6 Å². The number of hydrogen-bond acceptors (Lipinski definition) is 9. The largest absolute Gasteiger partial charge is 0.454 e. The zero-order valence-corrected chi connectivity index (χ0v) is 19.4. The summed E-state index contributed by atoms with van der Waals surface area (Å²) in [5.41, 5.74) is 5.89. The number of nitrogens with one attached hydrogen (secondary N) is 1. The standard InChI is InChI=1S/C23H20N6O5S/c1-28-19(24)18(21(31)25-22(28)32)15(30)11-35-23-27-26-20(14-5-3-2-4-6-14)29(23)10-13-7-8-16-17(9-13)34-12-33-16/h2-9H,10-12,24H2,1H3,(H,25,31,32). The number of hydrogen-bond donors (Lipinski definition) is 2. The molecule has 178 valence electrons. The highest BCUT2D eigenvalue weighted by Crippen LogP contribution is 2.33. The second kappa shape index (κ2) is 9.14. The number of carbonyl (C=O) groups excluding carboxylic acids is 1. The van der Waals surface area contributed by atoms with Crippen molar-refractivity contribution < 1.29 is 14.3 Å². The van der Waals surface area contributed by atoms with E-state index in [0.29, 0.717) is 29.0 Å². The molecule has 0 atom stereocenters. The van der Waals surface area contributed by atoms with E-state index in [4.69, 9.17) is 15.2 Å². The number of Topliss-reactive ketones (excluding diaryl/α,β-unsaturated/α-hetero) is 1. The molecule has 1 aliphatic rings. The molecule has 0 saturated heterocycles. The second-order valence-electron chi connectivity index (χ2n) is 7.74. The minimum Gasteiger partial charge on any atom is -0.454 e. The summed E-state index contributed by atoms with van der Waals surface area (Å²) in [7, 11) is 1.38. The Balaban J connectivity index is 1.46. The van der Waals surface area contributed by atoms with E-state index in [0.717, 1.165) is 27.5 Å². The summed E-state index contributed by atoms with van der Waals surface area (Å²) in [6.45, 7) is 0.587. The van der Waals surface area contributed by atoms with Crippen LogP contribution in [0.25, 0.3) is 11.4 Å². The van der Waals surface area contributed by atoms with Crippen molar-refractivity contribution in [2.45, 2.75) is 11.7 Å². The molecule has 0 unspecified atom stereocenters. The Morgan fingerprint density at radius 3 is 2.69 bits per heavy atom. The van der Waals surface area contributed by atoms with Crippen LogP contribution in [0.1, 0.15) is 15.9 Å². The Morgan fingerprint density at radius 1 is 1.11 bits per heavy atom. The van der Waals surface area contributed by atoms with E-state index in [1.807, 2.05) is 53.1 Å². The molecule has 12 heteroatoms. The molecular weight excluding hydrogens is 472 g/mol. The Labute approximate surface area is 202 Å². The molecule has 0 spiro atoms. The molecular formula is C23H20N6O5S. The van der Waals surface area contributed by atoms with E-state index in [1.165, 1.54) is 7.05 Å². The third-order valence-electron chi connectivity index (χ3n) is 5.51. The quantitative estimate of drug-likeness (QED) is 0.290. The molecule has 1 aliphatic heterocycles. The average Bonchev–Trinajstić information content (AvgIpc) is 3.48. The van der Waals surface area contributed by atoms with Gasteiger partial charge in [0.05, 0.1) is 12.3 Å². The number of nitrogens with two attached hydrogens (primary N) is 1. The van der Waals surface area contributed by atoms with E-state index in [1.54, 1.807) is 0 Å². The maximum Gasteiger partial charge on any atom is 0.329 e. The van der Waals surface area contributed by atoms with Crippen molar-refractivity contribution in [2.24, 2.45) is 7.05 Å². The number of ketones is 1. The molecule has 0 radical (unpaired) electrons. The zero-order valence-electron chi connectivity index (χ0n) is 18.6. The first-order chi connectivity index (χ1) is 16.9. The van der Waals surface area contributed by atoms with Crippen LogP contribution in [-0.2, 0) is 13.6 Å². The van der Waals surface area contributed by atoms with E-state index in [2.05, 4.69) is 15.2 Å². The number of benzene rings is 2. The lowest BCUT2D eigenvalue weighted by atomic mass is 10.2. The van der Waals surface area contributed by atoms with Gasteiger partial charge in [-0.15, -0.1) is 10.2 Å². The van der Waals surface area contributed by atoms with Crippen molar-refractivity contribution in [2.75, 3.05) is 18.3 Å². The van der Waals surface area contributed by atoms with E-state index in [-0.39, 0.29) is 23.9 Å². The van der Waals surface area contributed by atoms with E-state index in [9.17, 15) is 14.4 Å². The molecule has 3 N–H and O–H groups in total. The monoisotopic (exact) mass is 492 g/mol. The first-order valence-electron chi connectivity index (χ1n) is 10.5. The maximum absolute atomic E-state index is 12.9. The molecule has 0 saturated carbocycles. The predicted octanol–water partition coefficient (Wildman–Crippen LogP) is 1.67. The lowest BCUT2D eigenvalue weighted by Crippen LogP contribution is -2.35. The number of aromatic nitrogens is 5. The third-order valence-corrected chi connectivity index (χ3v) is 6.47. The van der Waals surface area contributed by atoms with Gasteiger partial charge >= 0.3 is 5.69 Å². The summed E-state index contributed by atoms with van der Waals surface area (Å²) in [4.78, 5) is 38.9. The fourth-order valence-corrected chi connectivity index (χ4v) is 4.48. The number of H-pyrrole nitrogens is 1. The SMILES string of the molecule is Cn1c(N)c(C(=O)CSc2nnc(-c3ccccc3)n2Cc2ccc3c(c2)OCO3)c(=O)[nH]c1=O. The minimum absolute atomic E-state index is 0.125. The molecule has 11 nitrogen and oxygen atoms in total. The third kappa shape index (κ3) is 4.30. The van der Waals surface area contributed by atoms with Crippen molar-refractivity contribution in [3.8, 4) is 22.9 Å². The minimum atomic E-state index is -0.817. The van der Waals surface area contributed by atoms with Gasteiger partial charge in [-0.25, -0.2) is 4.79 Å². The highest BCUT2D eigenvalue weighted by Gasteiger charge is 2.22. The second-order valence-corrected chi connectivity index (χ2v) is 8.68. The molecule has 3 heterocycles. The van der Waals surface area contributed by atoms with Crippen molar-refractivity contribution in [1.29, 1.82) is 0 Å². The highest BCUT2D eigenvalue weighted by atomic mass is 32.2. The van der Waals surface area contributed by atoms with Crippen molar-refractivity contribution >= 4 is 23.4 Å². The predicted molar refractivity (Wildman–Crippen MR) is 129 cm³/mol. The topological polar surface area (TPSA) is 147 Å². The molecule has 5 rings (SSSR count). The van der Waals surface area contributed by atoms with Crippen molar-refractivity contribution in [1.82, 2.24) is 24.3 Å². The van der Waals surface area contributed by atoms with Crippen LogP contribution in [0.4, 0.5) is 5.82 Å². The number of nitrogen functional groups attached to an aromatic ring is 1. The molecule has 0 fully saturated rings. The fraction of sp³-hybridized carbons (Fsp3) is 0.174. The van der Waals surface area contributed by atoms with Gasteiger partial charge in [-0.1, -0.05) is 48.2 Å². The van der Waals surface area contributed by atoms with Gasteiger partial charge in [0.2, 0.25) is 6.79 Å². The van der Waals surface area contributed by atoms with E-state index < -0.39 is 17.0 Å². The van der Waals surface area contributed by atoms with Crippen molar-refractivity contribution in [3.05, 3.63) is 80.5 Å². The number of ether oxygens (including phenoxy) is 2. The molecule has 0 amide bonds. The van der Waals surface area contributed by atoms with Gasteiger partial charge in [-0.2, -0.15) is 0 Å². The van der Waals surface area contributed by atoms with Crippen molar-refractivity contribution in [3.63, 3.8) is 0 Å². The Bertz CT molecular complexity index is 1540. The normalized spacial score (nSPS) is 12.1. The van der Waals surface area contributed by atoms with Crippen LogP contribution < -0.4 is 26.5 Å². The number of nitrogens with zero attached hydrogens (tertiary/aromatic N) is 4. The summed E-state index contributed by atoms with van der Waals surface area (Å²) in [6.07, 6.45) is 0. The highest BCUT2D eigenvalue weighted by molar-refractivity contribution is 7.99. The number of carbonyl (C=O) groups is 1. The van der Waals surface area contributed by atoms with Gasteiger partial charge in [0.1, 0.15) is 11.4 Å². The van der Waals surface area contributed by atoms with Crippen LogP contribution in [-0.4, -0.2) is 42.6 Å². The van der Waals surface area contributed by atoms with Crippen LogP contribution in [0.3, 0.4) is 0 Å². The molecule has 35 heavy (non-hydrogen) atoms. The number of thioether (sulfide) groups is 1. The number of aromatic amines is 1. The summed E-state index contributed by atoms with van der Waals surface area (Å²) in [5, 5.41) is 9.13. The lowest BCUT2D eigenvalue weighted by molar-refractivity contribution is 0.102. The summed E-state index contributed by atoms with van der Waals surface area (Å²) >= 11 is 1.13. The average molecular weight is 493 g/mol. The Morgan fingerprint density at radius 2 is 1.89 bits per heavy atom. The maximum atomic E-state index is 12.9. The summed E-state index contributed by atoms with van der Waals surface area (Å²) in [6, 6.07) is 15.2. The number of rotatable bonds is 7. The number of anilines is 1. The van der Waals surface area contributed by atoms with Crippen LogP contribution >= 0.6 is 11.8 Å². The van der Waals surface area contributed by atoms with E-state index >= 15 is 0 Å². The zero-order chi connectivity index (χ0) is 24.5. The fourth-order valence-electron chi connectivity index (χ4n) is 3.67. The van der Waals surface area contributed by atoms with Gasteiger partial charge in [0.15, 0.2) is 28.3 Å².